The highest BCUT2D eigenvalue weighted by molar-refractivity contribution is 5.93. The van der Waals surface area contributed by atoms with Gasteiger partial charge < -0.3 is 10.6 Å². The second-order valence-electron chi connectivity index (χ2n) is 10.7. The maximum absolute atomic E-state index is 12.7. The van der Waals surface area contributed by atoms with Crippen molar-refractivity contribution in [3.05, 3.63) is 52.8 Å². The summed E-state index contributed by atoms with van der Waals surface area (Å²) in [6.07, 6.45) is 12.1. The van der Waals surface area contributed by atoms with Crippen molar-refractivity contribution in [2.24, 2.45) is 5.92 Å². The molecule has 34 heavy (non-hydrogen) atoms. The smallest absolute Gasteiger partial charge is 0.271 e. The van der Waals surface area contributed by atoms with Crippen molar-refractivity contribution in [3.63, 3.8) is 0 Å². The molecule has 1 aliphatic heterocycles. The first-order chi connectivity index (χ1) is 16.7. The Morgan fingerprint density at radius 1 is 1.00 bits per heavy atom. The van der Waals surface area contributed by atoms with Crippen molar-refractivity contribution in [2.45, 2.75) is 89.4 Å². The van der Waals surface area contributed by atoms with Crippen LogP contribution in [0.3, 0.4) is 0 Å². The molecule has 6 heteroatoms. The minimum Gasteiger partial charge on any atom is -0.354 e. The number of hydrogen-bond acceptors (Lipinski definition) is 4. The van der Waals surface area contributed by atoms with Crippen molar-refractivity contribution in [1.29, 1.82) is 0 Å². The van der Waals surface area contributed by atoms with Crippen LogP contribution in [0.15, 0.2) is 30.3 Å². The molecule has 5 rings (SSSR count). The van der Waals surface area contributed by atoms with Crippen LogP contribution in [-0.2, 0) is 25.9 Å². The quantitative estimate of drug-likeness (QED) is 0.653. The number of nitrogens with zero attached hydrogens (tertiary/aromatic N) is 3. The average Bonchev–Trinajstić information content (AvgIpc) is 3.23. The molecule has 2 aromatic rings. The molecule has 2 heterocycles. The van der Waals surface area contributed by atoms with E-state index in [9.17, 15) is 4.79 Å². The van der Waals surface area contributed by atoms with E-state index in [1.54, 1.807) is 7.05 Å². The van der Waals surface area contributed by atoms with E-state index in [2.05, 4.69) is 50.5 Å². The van der Waals surface area contributed by atoms with Gasteiger partial charge in [0.25, 0.3) is 5.91 Å². The van der Waals surface area contributed by atoms with Gasteiger partial charge in [-0.2, -0.15) is 5.10 Å². The third kappa shape index (κ3) is 5.55. The number of piperidine rings is 1. The zero-order chi connectivity index (χ0) is 23.3. The largest absolute Gasteiger partial charge is 0.354 e. The Balaban J connectivity index is 1.19. The first kappa shape index (κ1) is 23.6. The molecule has 1 aromatic carbocycles. The Hall–Kier alpha value is -2.18. The molecule has 1 atom stereocenters. The molecule has 2 N–H and O–H groups in total. The van der Waals surface area contributed by atoms with E-state index in [-0.39, 0.29) is 5.91 Å². The number of benzene rings is 1. The lowest BCUT2D eigenvalue weighted by Crippen LogP contribution is -2.47. The monoisotopic (exact) mass is 463 g/mol. The van der Waals surface area contributed by atoms with Crippen molar-refractivity contribution in [1.82, 2.24) is 25.3 Å². The van der Waals surface area contributed by atoms with Crippen LogP contribution in [0.1, 0.15) is 78.7 Å². The number of rotatable bonds is 7. The molecule has 1 aromatic heterocycles. The highest BCUT2D eigenvalue weighted by atomic mass is 16.1. The average molecular weight is 464 g/mol. The van der Waals surface area contributed by atoms with E-state index in [0.717, 1.165) is 45.4 Å². The summed E-state index contributed by atoms with van der Waals surface area (Å²) in [5.41, 5.74) is 4.58. The van der Waals surface area contributed by atoms with Gasteiger partial charge in [-0.25, -0.2) is 0 Å². The van der Waals surface area contributed by atoms with Gasteiger partial charge in [0.15, 0.2) is 5.69 Å². The highest BCUT2D eigenvalue weighted by Gasteiger charge is 2.31. The second-order valence-corrected chi connectivity index (χ2v) is 10.7. The summed E-state index contributed by atoms with van der Waals surface area (Å²) >= 11 is 0. The Morgan fingerprint density at radius 2 is 1.76 bits per heavy atom. The number of hydrogen-bond donors (Lipinski definition) is 2. The normalized spacial score (nSPS) is 22.4. The predicted octanol–water partition coefficient (Wildman–Crippen LogP) is 3.93. The molecule has 184 valence electrons. The van der Waals surface area contributed by atoms with Gasteiger partial charge in [-0.3, -0.25) is 14.4 Å². The lowest BCUT2D eigenvalue weighted by Gasteiger charge is -2.35. The molecule has 2 fully saturated rings. The Labute approximate surface area is 204 Å². The number of carbonyl (C=O) groups is 1. The molecule has 2 aliphatic carbocycles. The maximum atomic E-state index is 12.7. The lowest BCUT2D eigenvalue weighted by molar-refractivity contribution is 0.0956. The summed E-state index contributed by atoms with van der Waals surface area (Å²) in [4.78, 5) is 15.2. The van der Waals surface area contributed by atoms with Crippen LogP contribution in [0.4, 0.5) is 0 Å². The minimum atomic E-state index is -0.0338. The van der Waals surface area contributed by atoms with Crippen LogP contribution in [-0.4, -0.2) is 52.8 Å². The zero-order valence-corrected chi connectivity index (χ0v) is 20.8. The molecule has 0 spiro atoms. The summed E-state index contributed by atoms with van der Waals surface area (Å²) in [6.45, 7) is 4.33. The molecule has 0 radical (unpaired) electrons. The van der Waals surface area contributed by atoms with E-state index in [4.69, 9.17) is 5.10 Å². The van der Waals surface area contributed by atoms with Gasteiger partial charge in [-0.15, -0.1) is 0 Å². The Morgan fingerprint density at radius 3 is 2.50 bits per heavy atom. The zero-order valence-electron chi connectivity index (χ0n) is 20.8. The third-order valence-corrected chi connectivity index (χ3v) is 8.25. The Bertz CT molecular complexity index is 941. The summed E-state index contributed by atoms with van der Waals surface area (Å²) in [5.74, 6) is 0.681. The number of likely N-dealkylation sites (tertiary alicyclic amines) is 1. The topological polar surface area (TPSA) is 62.2 Å². The molecule has 0 bridgehead atoms. The molecule has 3 aliphatic rings. The summed E-state index contributed by atoms with van der Waals surface area (Å²) < 4.78 is 2.20. The maximum Gasteiger partial charge on any atom is 0.271 e. The van der Waals surface area contributed by atoms with E-state index >= 15 is 0 Å². The van der Waals surface area contributed by atoms with Gasteiger partial charge in [-0.1, -0.05) is 49.6 Å². The van der Waals surface area contributed by atoms with E-state index in [1.807, 2.05) is 0 Å². The van der Waals surface area contributed by atoms with E-state index in [0.29, 0.717) is 23.7 Å². The summed E-state index contributed by atoms with van der Waals surface area (Å²) in [6, 6.07) is 11.8. The fourth-order valence-electron chi connectivity index (χ4n) is 6.33. The number of amides is 1. The molecule has 1 amide bonds. The number of aromatic nitrogens is 2. The van der Waals surface area contributed by atoms with Crippen molar-refractivity contribution >= 4 is 5.91 Å². The fraction of sp³-hybridized carbons (Fsp3) is 0.643. The number of nitrogens with one attached hydrogen (secondary N) is 2. The van der Waals surface area contributed by atoms with Crippen LogP contribution >= 0.6 is 0 Å². The third-order valence-electron chi connectivity index (χ3n) is 8.25. The van der Waals surface area contributed by atoms with E-state index in [1.165, 1.54) is 61.8 Å². The SMILES string of the molecule is CNC(=O)c1nn(CC2CCCCC2)c2c1CC(NC1CCN(Cc3ccccc3)CC1)CC2. The second kappa shape index (κ2) is 11.0. The standard InChI is InChI=1S/C28H41N5O/c1-29-28(34)27-25-18-24(12-13-26(25)33(31-27)20-22-10-6-3-7-11-22)30-23-14-16-32(17-15-23)19-21-8-4-2-5-9-21/h2,4-5,8-9,22-24,30H,3,6-7,10-20H2,1H3,(H,29,34). The number of fused-ring (bicyclic) bond motifs is 1. The van der Waals surface area contributed by atoms with Crippen molar-refractivity contribution < 1.29 is 4.79 Å². The molecule has 1 saturated heterocycles. The Kier molecular flexibility index (Phi) is 7.65. The minimum absolute atomic E-state index is 0.0338. The molecular formula is C28H41N5O. The molecule has 6 nitrogen and oxygen atoms in total. The first-order valence-corrected chi connectivity index (χ1v) is 13.5. The molecule has 1 saturated carbocycles. The van der Waals surface area contributed by atoms with Gasteiger partial charge >= 0.3 is 0 Å². The summed E-state index contributed by atoms with van der Waals surface area (Å²) in [5, 5.41) is 11.6. The van der Waals surface area contributed by atoms with E-state index < -0.39 is 0 Å². The van der Waals surface area contributed by atoms with Gasteiger partial charge in [-0.05, 0) is 69.5 Å². The predicted molar refractivity (Wildman–Crippen MR) is 136 cm³/mol. The fourth-order valence-corrected chi connectivity index (χ4v) is 6.33. The van der Waals surface area contributed by atoms with Crippen molar-refractivity contribution in [2.75, 3.05) is 20.1 Å². The molecular weight excluding hydrogens is 422 g/mol. The van der Waals surface area contributed by atoms with Gasteiger partial charge in [0, 0.05) is 43.5 Å². The van der Waals surface area contributed by atoms with Gasteiger partial charge in [0.05, 0.1) is 0 Å². The molecule has 1 unspecified atom stereocenters. The number of carbonyl (C=O) groups excluding carboxylic acids is 1. The highest BCUT2D eigenvalue weighted by Crippen LogP contribution is 2.30. The first-order valence-electron chi connectivity index (χ1n) is 13.5. The van der Waals surface area contributed by atoms with Crippen molar-refractivity contribution in [3.8, 4) is 0 Å². The lowest BCUT2D eigenvalue weighted by atomic mass is 9.88. The van der Waals surface area contributed by atoms with Crippen LogP contribution in [0, 0.1) is 5.92 Å². The van der Waals surface area contributed by atoms with Crippen LogP contribution in [0.5, 0.6) is 0 Å². The van der Waals surface area contributed by atoms with Gasteiger partial charge in [0.2, 0.25) is 0 Å². The summed E-state index contributed by atoms with van der Waals surface area (Å²) in [7, 11) is 1.72. The van der Waals surface area contributed by atoms with Crippen LogP contribution in [0.25, 0.3) is 0 Å². The van der Waals surface area contributed by atoms with Crippen LogP contribution < -0.4 is 10.6 Å². The van der Waals surface area contributed by atoms with Crippen LogP contribution in [0.2, 0.25) is 0 Å². The van der Waals surface area contributed by atoms with Gasteiger partial charge in [0.1, 0.15) is 0 Å².